The SMILES string of the molecule is CN1CCN(CCc2ccc(NC(=O)c3cc4ccccc4nc3N3CCCC3)cc2)CC1. The molecular formula is C27H33N5O. The Morgan fingerprint density at radius 2 is 1.67 bits per heavy atom. The molecule has 172 valence electrons. The summed E-state index contributed by atoms with van der Waals surface area (Å²) in [5.74, 6) is 0.702. The van der Waals surface area contributed by atoms with Gasteiger partial charge in [-0.2, -0.15) is 0 Å². The van der Waals surface area contributed by atoms with Crippen LogP contribution in [-0.4, -0.2) is 73.6 Å². The predicted molar refractivity (Wildman–Crippen MR) is 135 cm³/mol. The van der Waals surface area contributed by atoms with Crippen molar-refractivity contribution >= 4 is 28.3 Å². The lowest BCUT2D eigenvalue weighted by molar-refractivity contribution is 0.102. The number of anilines is 2. The van der Waals surface area contributed by atoms with Crippen LogP contribution >= 0.6 is 0 Å². The molecule has 1 amide bonds. The molecule has 0 saturated carbocycles. The minimum Gasteiger partial charge on any atom is -0.356 e. The Labute approximate surface area is 196 Å². The second-order valence-corrected chi connectivity index (χ2v) is 9.29. The summed E-state index contributed by atoms with van der Waals surface area (Å²) in [5.41, 5.74) is 3.70. The lowest BCUT2D eigenvalue weighted by Gasteiger charge is -2.32. The van der Waals surface area contributed by atoms with Gasteiger partial charge in [0.15, 0.2) is 0 Å². The molecule has 33 heavy (non-hydrogen) atoms. The van der Waals surface area contributed by atoms with E-state index >= 15 is 0 Å². The van der Waals surface area contributed by atoms with E-state index in [9.17, 15) is 4.79 Å². The summed E-state index contributed by atoms with van der Waals surface area (Å²) in [6.07, 6.45) is 3.32. The predicted octanol–water partition coefficient (Wildman–Crippen LogP) is 3.88. The van der Waals surface area contributed by atoms with Gasteiger partial charge in [-0.15, -0.1) is 0 Å². The van der Waals surface area contributed by atoms with E-state index in [1.807, 2.05) is 42.5 Å². The lowest BCUT2D eigenvalue weighted by atomic mass is 10.1. The van der Waals surface area contributed by atoms with Crippen LogP contribution in [0.25, 0.3) is 10.9 Å². The summed E-state index contributed by atoms with van der Waals surface area (Å²) < 4.78 is 0. The summed E-state index contributed by atoms with van der Waals surface area (Å²) in [4.78, 5) is 25.3. The van der Waals surface area contributed by atoms with Crippen LogP contribution in [0.1, 0.15) is 28.8 Å². The maximum Gasteiger partial charge on any atom is 0.259 e. The van der Waals surface area contributed by atoms with E-state index in [1.54, 1.807) is 0 Å². The highest BCUT2D eigenvalue weighted by atomic mass is 16.1. The highest BCUT2D eigenvalue weighted by Crippen LogP contribution is 2.27. The van der Waals surface area contributed by atoms with Crippen molar-refractivity contribution in [1.82, 2.24) is 14.8 Å². The second-order valence-electron chi connectivity index (χ2n) is 9.29. The smallest absolute Gasteiger partial charge is 0.259 e. The van der Waals surface area contributed by atoms with Gasteiger partial charge in [-0.1, -0.05) is 30.3 Å². The molecule has 0 atom stereocenters. The zero-order chi connectivity index (χ0) is 22.6. The molecule has 2 saturated heterocycles. The molecule has 1 aromatic heterocycles. The molecule has 3 aromatic rings. The highest BCUT2D eigenvalue weighted by Gasteiger charge is 2.22. The Hall–Kier alpha value is -2.96. The van der Waals surface area contributed by atoms with Gasteiger partial charge in [0, 0.05) is 56.9 Å². The van der Waals surface area contributed by atoms with Gasteiger partial charge in [-0.05, 0) is 56.1 Å². The lowest BCUT2D eigenvalue weighted by Crippen LogP contribution is -2.45. The van der Waals surface area contributed by atoms with Gasteiger partial charge in [-0.25, -0.2) is 4.98 Å². The summed E-state index contributed by atoms with van der Waals surface area (Å²) in [7, 11) is 2.19. The minimum atomic E-state index is -0.0969. The number of hydrogen-bond acceptors (Lipinski definition) is 5. The van der Waals surface area contributed by atoms with Crippen molar-refractivity contribution in [3.63, 3.8) is 0 Å². The highest BCUT2D eigenvalue weighted by molar-refractivity contribution is 6.09. The first kappa shape index (κ1) is 21.9. The number of likely N-dealkylation sites (N-methyl/N-ethyl adjacent to an activating group) is 1. The average Bonchev–Trinajstić information content (AvgIpc) is 3.39. The van der Waals surface area contributed by atoms with E-state index in [2.05, 4.69) is 39.2 Å². The third-order valence-corrected chi connectivity index (χ3v) is 6.88. The summed E-state index contributed by atoms with van der Waals surface area (Å²) >= 11 is 0. The quantitative estimate of drug-likeness (QED) is 0.627. The Bertz CT molecular complexity index is 1100. The maximum absolute atomic E-state index is 13.3. The summed E-state index contributed by atoms with van der Waals surface area (Å²) in [6.45, 7) is 7.57. The average molecular weight is 444 g/mol. The number of hydrogen-bond donors (Lipinski definition) is 1. The van der Waals surface area contributed by atoms with Gasteiger partial charge in [0.2, 0.25) is 0 Å². The Balaban J connectivity index is 1.27. The number of para-hydroxylation sites is 1. The standard InChI is InChI=1S/C27H33N5O/c1-30-16-18-31(19-17-30)15-12-21-8-10-23(11-9-21)28-27(33)24-20-22-6-2-3-7-25(22)29-26(24)32-13-4-5-14-32/h2-3,6-11,20H,4-5,12-19H2,1H3,(H,28,33). The number of fused-ring (bicyclic) bond motifs is 1. The van der Waals surface area contributed by atoms with Crippen molar-refractivity contribution in [3.8, 4) is 0 Å². The first-order valence-corrected chi connectivity index (χ1v) is 12.1. The van der Waals surface area contributed by atoms with Gasteiger partial charge < -0.3 is 20.0 Å². The van der Waals surface area contributed by atoms with Gasteiger partial charge in [0.05, 0.1) is 11.1 Å². The fourth-order valence-corrected chi connectivity index (χ4v) is 4.75. The first-order valence-electron chi connectivity index (χ1n) is 12.1. The van der Waals surface area contributed by atoms with Crippen molar-refractivity contribution in [1.29, 1.82) is 0 Å². The second kappa shape index (κ2) is 9.89. The molecule has 6 heteroatoms. The zero-order valence-electron chi connectivity index (χ0n) is 19.5. The summed E-state index contributed by atoms with van der Waals surface area (Å²) in [6, 6.07) is 18.3. The number of benzene rings is 2. The Morgan fingerprint density at radius 1 is 0.939 bits per heavy atom. The fraction of sp³-hybridized carbons (Fsp3) is 0.407. The molecule has 2 fully saturated rings. The number of carbonyl (C=O) groups is 1. The number of nitrogens with zero attached hydrogens (tertiary/aromatic N) is 4. The van der Waals surface area contributed by atoms with Crippen molar-refractivity contribution < 1.29 is 4.79 Å². The molecule has 2 aliphatic rings. The molecule has 0 aliphatic carbocycles. The van der Waals surface area contributed by atoms with Crippen molar-refractivity contribution in [3.05, 3.63) is 65.7 Å². The molecule has 2 aromatic carbocycles. The third-order valence-electron chi connectivity index (χ3n) is 6.88. The number of pyridine rings is 1. The van der Waals surface area contributed by atoms with Crippen LogP contribution in [0.2, 0.25) is 0 Å². The van der Waals surface area contributed by atoms with Crippen molar-refractivity contribution in [2.24, 2.45) is 0 Å². The topological polar surface area (TPSA) is 51.7 Å². The van der Waals surface area contributed by atoms with Gasteiger partial charge in [0.25, 0.3) is 5.91 Å². The maximum atomic E-state index is 13.3. The largest absolute Gasteiger partial charge is 0.356 e. The van der Waals surface area contributed by atoms with Crippen LogP contribution < -0.4 is 10.2 Å². The van der Waals surface area contributed by atoms with Crippen LogP contribution in [0.3, 0.4) is 0 Å². The Kier molecular flexibility index (Phi) is 6.55. The number of aromatic nitrogens is 1. The van der Waals surface area contributed by atoms with Crippen molar-refractivity contribution in [2.45, 2.75) is 19.3 Å². The van der Waals surface area contributed by atoms with E-state index < -0.39 is 0 Å². The molecule has 1 N–H and O–H groups in total. The van der Waals surface area contributed by atoms with Gasteiger partial charge in [0.1, 0.15) is 5.82 Å². The van der Waals surface area contributed by atoms with Gasteiger partial charge in [-0.3, -0.25) is 4.79 Å². The van der Waals surface area contributed by atoms with Crippen LogP contribution in [0, 0.1) is 0 Å². The van der Waals surface area contributed by atoms with Crippen LogP contribution in [0.15, 0.2) is 54.6 Å². The third kappa shape index (κ3) is 5.18. The molecule has 6 nitrogen and oxygen atoms in total. The monoisotopic (exact) mass is 443 g/mol. The fourth-order valence-electron chi connectivity index (χ4n) is 4.75. The molecule has 2 aliphatic heterocycles. The van der Waals surface area contributed by atoms with E-state index in [4.69, 9.17) is 4.98 Å². The molecule has 0 unspecified atom stereocenters. The molecular weight excluding hydrogens is 410 g/mol. The van der Waals surface area contributed by atoms with Crippen LogP contribution in [0.4, 0.5) is 11.5 Å². The number of carbonyl (C=O) groups excluding carboxylic acids is 1. The van der Waals surface area contributed by atoms with Gasteiger partial charge >= 0.3 is 0 Å². The molecule has 3 heterocycles. The van der Waals surface area contributed by atoms with Crippen LogP contribution in [-0.2, 0) is 6.42 Å². The molecule has 0 radical (unpaired) electrons. The number of piperazine rings is 1. The zero-order valence-corrected chi connectivity index (χ0v) is 19.5. The van der Waals surface area contributed by atoms with Crippen LogP contribution in [0.5, 0.6) is 0 Å². The minimum absolute atomic E-state index is 0.0969. The van der Waals surface area contributed by atoms with E-state index in [0.717, 1.165) is 87.5 Å². The number of rotatable bonds is 6. The number of amides is 1. The van der Waals surface area contributed by atoms with Crippen molar-refractivity contribution in [2.75, 3.05) is 63.1 Å². The Morgan fingerprint density at radius 3 is 2.42 bits per heavy atom. The molecule has 0 bridgehead atoms. The van der Waals surface area contributed by atoms with E-state index in [0.29, 0.717) is 5.56 Å². The number of nitrogens with one attached hydrogen (secondary N) is 1. The molecule has 5 rings (SSSR count). The molecule has 0 spiro atoms. The van der Waals surface area contributed by atoms with E-state index in [1.165, 1.54) is 5.56 Å². The first-order chi connectivity index (χ1) is 16.2. The normalized spacial score (nSPS) is 17.5. The van der Waals surface area contributed by atoms with E-state index in [-0.39, 0.29) is 5.91 Å². The summed E-state index contributed by atoms with van der Waals surface area (Å²) in [5, 5.41) is 4.09.